The zero-order chi connectivity index (χ0) is 26.7. The molecule has 0 aromatic heterocycles. The molecule has 0 saturated heterocycles. The van der Waals surface area contributed by atoms with Gasteiger partial charge in [-0.25, -0.2) is 0 Å². The Hall–Kier alpha value is -3.20. The molecule has 3 aromatic carbocycles. The van der Waals surface area contributed by atoms with Crippen molar-refractivity contribution < 1.29 is 14.6 Å². The lowest BCUT2D eigenvalue weighted by Crippen LogP contribution is -2.16. The molecule has 0 radical (unpaired) electrons. The molecule has 0 spiro atoms. The first-order chi connectivity index (χ1) is 18.3. The average molecular weight is 511 g/mol. The number of hydrogen-bond acceptors (Lipinski definition) is 3. The number of aliphatic hydroxyl groups is 1. The molecule has 0 amide bonds. The van der Waals surface area contributed by atoms with Crippen LogP contribution in [-0.4, -0.2) is 12.2 Å². The van der Waals surface area contributed by atoms with E-state index in [0.29, 0.717) is 24.9 Å². The van der Waals surface area contributed by atoms with E-state index in [1.807, 2.05) is 12.1 Å². The van der Waals surface area contributed by atoms with Gasteiger partial charge in [0.15, 0.2) is 0 Å². The molecular weight excluding hydrogens is 468 g/mol. The normalized spacial score (nSPS) is 19.2. The van der Waals surface area contributed by atoms with Crippen molar-refractivity contribution in [3.63, 3.8) is 0 Å². The van der Waals surface area contributed by atoms with E-state index >= 15 is 0 Å². The topological polar surface area (TPSA) is 38.7 Å². The Morgan fingerprint density at radius 2 is 1.79 bits per heavy atom. The Balaban J connectivity index is 1.39. The highest BCUT2D eigenvalue weighted by atomic mass is 16.5. The van der Waals surface area contributed by atoms with Gasteiger partial charge in [0.05, 0.1) is 12.9 Å². The molecule has 2 aliphatic rings. The van der Waals surface area contributed by atoms with Crippen LogP contribution in [0.1, 0.15) is 87.3 Å². The minimum absolute atomic E-state index is 0.264. The Kier molecular flexibility index (Phi) is 7.83. The minimum atomic E-state index is 0.264. The Bertz CT molecular complexity index is 1270. The minimum Gasteiger partial charge on any atom is -0.513 e. The van der Waals surface area contributed by atoms with Crippen molar-refractivity contribution in [2.24, 2.45) is 11.3 Å². The lowest BCUT2D eigenvalue weighted by Gasteiger charge is -2.30. The van der Waals surface area contributed by atoms with Crippen LogP contribution >= 0.6 is 0 Å². The smallest absolute Gasteiger partial charge is 0.120 e. The van der Waals surface area contributed by atoms with E-state index in [1.54, 1.807) is 7.11 Å². The fourth-order valence-corrected chi connectivity index (χ4v) is 6.35. The zero-order valence-electron chi connectivity index (χ0n) is 23.2. The molecule has 2 atom stereocenters. The fraction of sp³-hybridized carbons (Fsp3) is 0.429. The largest absolute Gasteiger partial charge is 0.513 e. The van der Waals surface area contributed by atoms with Gasteiger partial charge in [-0.2, -0.15) is 0 Å². The summed E-state index contributed by atoms with van der Waals surface area (Å²) >= 11 is 0. The second kappa shape index (κ2) is 11.3. The van der Waals surface area contributed by atoms with Crippen molar-refractivity contribution in [2.75, 3.05) is 7.11 Å². The van der Waals surface area contributed by atoms with E-state index in [1.165, 1.54) is 59.9 Å². The molecule has 0 bridgehead atoms. The van der Waals surface area contributed by atoms with Gasteiger partial charge in [-0.1, -0.05) is 82.2 Å². The number of allylic oxidation sites excluding steroid dienone is 1. The standard InChI is InChI=1S/C35H42O3/c1-24(36)18-29(19-25-13-14-25)27-8-5-11-31(21-27)38-23-26-15-16-32(28-9-6-10-30(22-28)37-4)33(20-26)34-12-7-17-35(34,2)3/h5-6,8-11,15-16,20-22,25,29,34,36H,1,7,12-14,17-19,23H2,2-4H3/t29-,34-/m0/s1. The molecule has 2 saturated carbocycles. The van der Waals surface area contributed by atoms with Gasteiger partial charge >= 0.3 is 0 Å². The SMILES string of the molecule is C=C(O)C[C@@H](CC1CC1)c1cccc(OCc2ccc(-c3cccc(OC)c3)c([C@@H]3CCCC3(C)C)c2)c1. The third-order valence-corrected chi connectivity index (χ3v) is 8.66. The van der Waals surface area contributed by atoms with E-state index in [-0.39, 0.29) is 11.2 Å². The summed E-state index contributed by atoms with van der Waals surface area (Å²) in [6.07, 6.45) is 8.07. The molecule has 38 heavy (non-hydrogen) atoms. The predicted molar refractivity (Wildman–Crippen MR) is 156 cm³/mol. The molecule has 3 nitrogen and oxygen atoms in total. The third kappa shape index (κ3) is 6.26. The van der Waals surface area contributed by atoms with Crippen LogP contribution in [0.4, 0.5) is 0 Å². The molecule has 0 heterocycles. The van der Waals surface area contributed by atoms with Crippen LogP contribution in [-0.2, 0) is 6.61 Å². The maximum atomic E-state index is 9.89. The third-order valence-electron chi connectivity index (χ3n) is 8.66. The van der Waals surface area contributed by atoms with Gasteiger partial charge in [0.1, 0.15) is 18.1 Å². The Morgan fingerprint density at radius 3 is 2.50 bits per heavy atom. The fourth-order valence-electron chi connectivity index (χ4n) is 6.35. The van der Waals surface area contributed by atoms with Crippen molar-refractivity contribution in [3.8, 4) is 22.6 Å². The second-order valence-corrected chi connectivity index (χ2v) is 12.1. The van der Waals surface area contributed by atoms with Crippen LogP contribution < -0.4 is 9.47 Å². The number of benzene rings is 3. The number of methoxy groups -OCH3 is 1. The summed E-state index contributed by atoms with van der Waals surface area (Å²) in [6, 6.07) is 23.7. The van der Waals surface area contributed by atoms with Crippen molar-refractivity contribution in [1.29, 1.82) is 0 Å². The maximum Gasteiger partial charge on any atom is 0.120 e. The quantitative estimate of drug-likeness (QED) is 0.261. The van der Waals surface area contributed by atoms with Crippen LogP contribution in [0.25, 0.3) is 11.1 Å². The van der Waals surface area contributed by atoms with Gasteiger partial charge in [0.2, 0.25) is 0 Å². The van der Waals surface area contributed by atoms with Crippen LogP contribution in [0, 0.1) is 11.3 Å². The number of rotatable bonds is 11. The van der Waals surface area contributed by atoms with E-state index in [2.05, 4.69) is 75.0 Å². The molecule has 0 aliphatic heterocycles. The van der Waals surface area contributed by atoms with Gasteiger partial charge in [-0.15, -0.1) is 0 Å². The first-order valence-electron chi connectivity index (χ1n) is 14.2. The predicted octanol–water partition coefficient (Wildman–Crippen LogP) is 9.58. The summed E-state index contributed by atoms with van der Waals surface area (Å²) < 4.78 is 11.9. The van der Waals surface area contributed by atoms with E-state index in [4.69, 9.17) is 9.47 Å². The first-order valence-corrected chi connectivity index (χ1v) is 14.2. The van der Waals surface area contributed by atoms with Crippen molar-refractivity contribution in [3.05, 3.63) is 95.8 Å². The summed E-state index contributed by atoms with van der Waals surface area (Å²) in [5.74, 6) is 3.62. The van der Waals surface area contributed by atoms with Crippen LogP contribution in [0.5, 0.6) is 11.5 Å². The van der Waals surface area contributed by atoms with Crippen molar-refractivity contribution >= 4 is 0 Å². The zero-order valence-corrected chi connectivity index (χ0v) is 23.2. The van der Waals surface area contributed by atoms with Crippen LogP contribution in [0.15, 0.2) is 79.1 Å². The molecule has 2 aliphatic carbocycles. The molecule has 2 fully saturated rings. The van der Waals surface area contributed by atoms with Gasteiger partial charge in [-0.05, 0) is 94.5 Å². The number of ether oxygens (including phenoxy) is 2. The van der Waals surface area contributed by atoms with Crippen molar-refractivity contribution in [2.45, 2.75) is 77.2 Å². The molecule has 0 unspecified atom stereocenters. The summed E-state index contributed by atoms with van der Waals surface area (Å²) in [5, 5.41) is 9.89. The van der Waals surface area contributed by atoms with E-state index in [9.17, 15) is 5.11 Å². The average Bonchev–Trinajstić information content (AvgIpc) is 3.66. The highest BCUT2D eigenvalue weighted by molar-refractivity contribution is 5.70. The second-order valence-electron chi connectivity index (χ2n) is 12.1. The van der Waals surface area contributed by atoms with Crippen molar-refractivity contribution in [1.82, 2.24) is 0 Å². The summed E-state index contributed by atoms with van der Waals surface area (Å²) in [4.78, 5) is 0. The summed E-state index contributed by atoms with van der Waals surface area (Å²) in [6.45, 7) is 9.10. The monoisotopic (exact) mass is 510 g/mol. The first kappa shape index (κ1) is 26.4. The van der Waals surface area contributed by atoms with Gasteiger partial charge < -0.3 is 14.6 Å². The highest BCUT2D eigenvalue weighted by Crippen LogP contribution is 2.51. The summed E-state index contributed by atoms with van der Waals surface area (Å²) in [5.41, 5.74) is 6.61. The summed E-state index contributed by atoms with van der Waals surface area (Å²) in [7, 11) is 1.73. The van der Waals surface area contributed by atoms with Gasteiger partial charge in [0, 0.05) is 6.42 Å². The van der Waals surface area contributed by atoms with Gasteiger partial charge in [0.25, 0.3) is 0 Å². The molecule has 3 heteroatoms. The maximum absolute atomic E-state index is 9.89. The highest BCUT2D eigenvalue weighted by Gasteiger charge is 2.37. The van der Waals surface area contributed by atoms with Crippen LogP contribution in [0.3, 0.4) is 0 Å². The molecular formula is C35H42O3. The Labute approximate surface area is 228 Å². The lowest BCUT2D eigenvalue weighted by molar-refractivity contribution is 0.304. The molecule has 5 rings (SSSR count). The van der Waals surface area contributed by atoms with E-state index < -0.39 is 0 Å². The van der Waals surface area contributed by atoms with E-state index in [0.717, 1.165) is 23.8 Å². The number of aliphatic hydroxyl groups excluding tert-OH is 1. The lowest BCUT2D eigenvalue weighted by atomic mass is 9.75. The van der Waals surface area contributed by atoms with Crippen LogP contribution in [0.2, 0.25) is 0 Å². The number of hydrogen-bond donors (Lipinski definition) is 1. The van der Waals surface area contributed by atoms with Gasteiger partial charge in [-0.3, -0.25) is 0 Å². The molecule has 1 N–H and O–H groups in total. The molecule has 200 valence electrons. The molecule has 3 aromatic rings. The Morgan fingerprint density at radius 1 is 1.00 bits per heavy atom.